The van der Waals surface area contributed by atoms with Gasteiger partial charge in [-0.15, -0.1) is 0 Å². The maximum absolute atomic E-state index is 10.6. The Balaban J connectivity index is 2.42. The number of nitrogens with one attached hydrogen (secondary N) is 1. The summed E-state index contributed by atoms with van der Waals surface area (Å²) in [4.78, 5) is 23.0. The van der Waals surface area contributed by atoms with Gasteiger partial charge in [0.05, 0.1) is 13.1 Å². The molecule has 0 saturated carbocycles. The summed E-state index contributed by atoms with van der Waals surface area (Å²) in [7, 11) is 0. The van der Waals surface area contributed by atoms with Gasteiger partial charge in [0.15, 0.2) is 0 Å². The van der Waals surface area contributed by atoms with Crippen molar-refractivity contribution in [2.45, 2.75) is 6.04 Å². The molecule has 1 saturated heterocycles. The monoisotopic (exact) mass is 186 g/mol. The van der Waals surface area contributed by atoms with Crippen LogP contribution in [0.1, 0.15) is 0 Å². The molecule has 1 heterocycles. The van der Waals surface area contributed by atoms with Gasteiger partial charge in [0.2, 0.25) is 11.8 Å². The Morgan fingerprint density at radius 2 is 1.69 bits per heavy atom. The molecule has 0 aliphatic carbocycles. The third kappa shape index (κ3) is 3.00. The van der Waals surface area contributed by atoms with E-state index in [9.17, 15) is 9.59 Å². The van der Waals surface area contributed by atoms with Crippen molar-refractivity contribution >= 4 is 11.8 Å². The second kappa shape index (κ2) is 4.20. The van der Waals surface area contributed by atoms with Gasteiger partial charge in [-0.25, -0.2) is 0 Å². The van der Waals surface area contributed by atoms with Crippen LogP contribution in [0.2, 0.25) is 0 Å². The van der Waals surface area contributed by atoms with E-state index in [1.807, 2.05) is 0 Å². The largest absolute Gasteiger partial charge is 0.369 e. The molecule has 0 aromatic carbocycles. The average molecular weight is 186 g/mol. The molecule has 1 rings (SSSR count). The van der Waals surface area contributed by atoms with Crippen LogP contribution in [0.5, 0.6) is 0 Å². The van der Waals surface area contributed by atoms with E-state index < -0.39 is 11.8 Å². The minimum Gasteiger partial charge on any atom is -0.369 e. The molecule has 1 aliphatic rings. The predicted octanol–water partition coefficient (Wildman–Crippen LogP) is -2.77. The van der Waals surface area contributed by atoms with Crippen LogP contribution in [-0.2, 0) is 9.59 Å². The van der Waals surface area contributed by atoms with Crippen LogP contribution < -0.4 is 16.8 Å². The van der Waals surface area contributed by atoms with Gasteiger partial charge in [0, 0.05) is 19.1 Å². The number of carbonyl (C=O) groups is 2. The van der Waals surface area contributed by atoms with Gasteiger partial charge in [-0.05, 0) is 0 Å². The van der Waals surface area contributed by atoms with Gasteiger partial charge in [-0.2, -0.15) is 0 Å². The smallest absolute Gasteiger partial charge is 0.231 e. The molecule has 74 valence electrons. The molecule has 0 aromatic rings. The number of nitrogens with zero attached hydrogens (tertiary/aromatic N) is 1. The maximum atomic E-state index is 10.6. The molecule has 6 nitrogen and oxygen atoms in total. The van der Waals surface area contributed by atoms with Crippen molar-refractivity contribution in [3.8, 4) is 0 Å². The molecule has 0 radical (unpaired) electrons. The van der Waals surface area contributed by atoms with Gasteiger partial charge in [-0.3, -0.25) is 14.5 Å². The summed E-state index contributed by atoms with van der Waals surface area (Å²) in [6.07, 6.45) is 0. The molecular weight excluding hydrogens is 172 g/mol. The van der Waals surface area contributed by atoms with Crippen LogP contribution in [0.15, 0.2) is 0 Å². The molecule has 6 heteroatoms. The van der Waals surface area contributed by atoms with E-state index >= 15 is 0 Å². The number of carbonyl (C=O) groups excluding carboxylic acids is 2. The lowest BCUT2D eigenvalue weighted by molar-refractivity contribution is -0.123. The second-order valence-electron chi connectivity index (χ2n) is 3.15. The summed E-state index contributed by atoms with van der Waals surface area (Å²) in [6, 6.07) is 0.208. The first kappa shape index (κ1) is 9.94. The second-order valence-corrected chi connectivity index (χ2v) is 3.15. The zero-order chi connectivity index (χ0) is 9.84. The Labute approximate surface area is 76.2 Å². The minimum atomic E-state index is -0.437. The standard InChI is InChI=1S/C7H14N4O2/c8-6(12)3-11(4-7(9)13)5-1-10-2-5/h5,10H,1-4H2,(H2,8,12)(H2,9,13). The molecule has 2 amide bonds. The lowest BCUT2D eigenvalue weighted by Crippen LogP contribution is -2.60. The quantitative estimate of drug-likeness (QED) is 0.432. The van der Waals surface area contributed by atoms with Crippen LogP contribution in [0.25, 0.3) is 0 Å². The van der Waals surface area contributed by atoms with Crippen molar-refractivity contribution in [1.29, 1.82) is 0 Å². The highest BCUT2D eigenvalue weighted by Crippen LogP contribution is 2.03. The molecular formula is C7H14N4O2. The molecule has 0 spiro atoms. The van der Waals surface area contributed by atoms with Gasteiger partial charge >= 0.3 is 0 Å². The van der Waals surface area contributed by atoms with Crippen molar-refractivity contribution in [3.05, 3.63) is 0 Å². The Bertz CT molecular complexity index is 199. The molecule has 13 heavy (non-hydrogen) atoms. The maximum Gasteiger partial charge on any atom is 0.231 e. The summed E-state index contributed by atoms with van der Waals surface area (Å²) in [5.41, 5.74) is 10.1. The molecule has 1 aliphatic heterocycles. The molecule has 0 atom stereocenters. The highest BCUT2D eigenvalue weighted by atomic mass is 16.2. The molecule has 0 bridgehead atoms. The van der Waals surface area contributed by atoms with Crippen LogP contribution in [0, 0.1) is 0 Å². The predicted molar refractivity (Wildman–Crippen MR) is 46.6 cm³/mol. The van der Waals surface area contributed by atoms with Gasteiger partial charge in [0.25, 0.3) is 0 Å². The third-order valence-electron chi connectivity index (χ3n) is 1.99. The third-order valence-corrected chi connectivity index (χ3v) is 1.99. The topological polar surface area (TPSA) is 101 Å². The fraction of sp³-hybridized carbons (Fsp3) is 0.714. The summed E-state index contributed by atoms with van der Waals surface area (Å²) in [5, 5.41) is 3.04. The van der Waals surface area contributed by atoms with Crippen molar-refractivity contribution in [2.75, 3.05) is 26.2 Å². The Kier molecular flexibility index (Phi) is 3.21. The number of primary amides is 2. The van der Waals surface area contributed by atoms with E-state index in [0.717, 1.165) is 13.1 Å². The van der Waals surface area contributed by atoms with Crippen molar-refractivity contribution in [3.63, 3.8) is 0 Å². The summed E-state index contributed by atoms with van der Waals surface area (Å²) >= 11 is 0. The number of amides is 2. The van der Waals surface area contributed by atoms with Gasteiger partial charge in [0.1, 0.15) is 0 Å². The first-order chi connectivity index (χ1) is 6.09. The van der Waals surface area contributed by atoms with Crippen LogP contribution in [0.4, 0.5) is 0 Å². The SMILES string of the molecule is NC(=O)CN(CC(N)=O)C1CNC1. The minimum absolute atomic E-state index is 0.0925. The Morgan fingerprint density at radius 1 is 1.23 bits per heavy atom. The van der Waals surface area contributed by atoms with E-state index in [0.29, 0.717) is 0 Å². The fourth-order valence-electron chi connectivity index (χ4n) is 1.25. The zero-order valence-electron chi connectivity index (χ0n) is 7.32. The summed E-state index contributed by atoms with van der Waals surface area (Å²) < 4.78 is 0. The number of rotatable bonds is 5. The Morgan fingerprint density at radius 3 is 1.92 bits per heavy atom. The summed E-state index contributed by atoms with van der Waals surface area (Å²) in [6.45, 7) is 1.74. The van der Waals surface area contributed by atoms with Crippen molar-refractivity contribution in [2.24, 2.45) is 11.5 Å². The lowest BCUT2D eigenvalue weighted by atomic mass is 10.1. The fourth-order valence-corrected chi connectivity index (χ4v) is 1.25. The average Bonchev–Trinajstić information content (AvgIpc) is 1.78. The van der Waals surface area contributed by atoms with Crippen LogP contribution in [-0.4, -0.2) is 48.9 Å². The molecule has 0 aromatic heterocycles. The molecule has 1 fully saturated rings. The van der Waals surface area contributed by atoms with E-state index in [1.165, 1.54) is 0 Å². The number of hydrogen-bond acceptors (Lipinski definition) is 4. The van der Waals surface area contributed by atoms with Crippen molar-refractivity contribution < 1.29 is 9.59 Å². The highest BCUT2D eigenvalue weighted by Gasteiger charge is 2.26. The lowest BCUT2D eigenvalue weighted by Gasteiger charge is -2.36. The van der Waals surface area contributed by atoms with E-state index in [2.05, 4.69) is 5.32 Å². The molecule has 5 N–H and O–H groups in total. The summed E-state index contributed by atoms with van der Waals surface area (Å²) in [5.74, 6) is -0.874. The van der Waals surface area contributed by atoms with E-state index in [4.69, 9.17) is 11.5 Å². The van der Waals surface area contributed by atoms with Crippen LogP contribution in [0.3, 0.4) is 0 Å². The first-order valence-electron chi connectivity index (χ1n) is 4.11. The molecule has 0 unspecified atom stereocenters. The zero-order valence-corrected chi connectivity index (χ0v) is 7.32. The number of hydrogen-bond donors (Lipinski definition) is 3. The van der Waals surface area contributed by atoms with Gasteiger partial charge < -0.3 is 16.8 Å². The van der Waals surface area contributed by atoms with E-state index in [-0.39, 0.29) is 19.1 Å². The Hall–Kier alpha value is -1.14. The normalized spacial score (nSPS) is 17.0. The van der Waals surface area contributed by atoms with Crippen molar-refractivity contribution in [1.82, 2.24) is 10.2 Å². The number of nitrogens with two attached hydrogens (primary N) is 2. The van der Waals surface area contributed by atoms with E-state index in [1.54, 1.807) is 4.90 Å². The van der Waals surface area contributed by atoms with Crippen LogP contribution >= 0.6 is 0 Å². The first-order valence-corrected chi connectivity index (χ1v) is 4.11. The van der Waals surface area contributed by atoms with Gasteiger partial charge in [-0.1, -0.05) is 0 Å². The highest BCUT2D eigenvalue weighted by molar-refractivity contribution is 5.79.